The highest BCUT2D eigenvalue weighted by atomic mass is 16.5. The smallest absolute Gasteiger partial charge is 0.302 e. The summed E-state index contributed by atoms with van der Waals surface area (Å²) in [6.45, 7) is 7.25. The monoisotopic (exact) mass is 278 g/mol. The number of esters is 1. The Labute approximate surface area is 124 Å². The quantitative estimate of drug-likeness (QED) is 0.273. The molecule has 0 amide bonds. The van der Waals surface area contributed by atoms with Crippen LogP contribution in [0.2, 0.25) is 0 Å². The third-order valence-corrected chi connectivity index (χ3v) is 3.08. The Bertz CT molecular complexity index is 303. The van der Waals surface area contributed by atoms with E-state index in [1.54, 1.807) is 6.08 Å². The molecule has 2 nitrogen and oxygen atoms in total. The Morgan fingerprint density at radius 3 is 2.50 bits per heavy atom. The fourth-order valence-corrected chi connectivity index (χ4v) is 2.12. The van der Waals surface area contributed by atoms with E-state index >= 15 is 0 Å². The lowest BCUT2D eigenvalue weighted by atomic mass is 10.0. The van der Waals surface area contributed by atoms with Crippen molar-refractivity contribution in [3.05, 3.63) is 37.0 Å². The van der Waals surface area contributed by atoms with E-state index in [1.165, 1.54) is 26.2 Å². The lowest BCUT2D eigenvalue weighted by Crippen LogP contribution is -2.15. The molecule has 0 aromatic carbocycles. The van der Waals surface area contributed by atoms with Gasteiger partial charge in [0.25, 0.3) is 0 Å². The largest absolute Gasteiger partial charge is 0.463 e. The first kappa shape index (κ1) is 18.7. The summed E-state index contributed by atoms with van der Waals surface area (Å²) >= 11 is 0. The van der Waals surface area contributed by atoms with Gasteiger partial charge in [-0.05, 0) is 32.1 Å². The van der Waals surface area contributed by atoms with Crippen LogP contribution in [0.5, 0.6) is 0 Å². The summed E-state index contributed by atoms with van der Waals surface area (Å²) in [6, 6.07) is 0. The van der Waals surface area contributed by atoms with Gasteiger partial charge in [0.15, 0.2) is 0 Å². The summed E-state index contributed by atoms with van der Waals surface area (Å²) in [5.74, 6) is -0.152. The molecule has 0 radical (unpaired) electrons. The van der Waals surface area contributed by atoms with Gasteiger partial charge in [0.1, 0.15) is 6.10 Å². The molecule has 20 heavy (non-hydrogen) atoms. The Morgan fingerprint density at radius 1 is 1.10 bits per heavy atom. The zero-order valence-corrected chi connectivity index (χ0v) is 13.1. The van der Waals surface area contributed by atoms with E-state index in [2.05, 4.69) is 25.7 Å². The molecule has 0 aliphatic heterocycles. The Morgan fingerprint density at radius 2 is 1.85 bits per heavy atom. The molecule has 0 spiro atoms. The minimum atomic E-state index is -0.152. The third kappa shape index (κ3) is 13.1. The van der Waals surface area contributed by atoms with Crippen LogP contribution < -0.4 is 0 Å². The van der Waals surface area contributed by atoms with Crippen LogP contribution in [0, 0.1) is 0 Å². The summed E-state index contributed by atoms with van der Waals surface area (Å²) in [5.41, 5.74) is 0. The van der Waals surface area contributed by atoms with Crippen molar-refractivity contribution in [2.24, 2.45) is 0 Å². The molecule has 0 aromatic rings. The van der Waals surface area contributed by atoms with Crippen molar-refractivity contribution in [3.8, 4) is 0 Å². The first-order chi connectivity index (χ1) is 9.70. The van der Waals surface area contributed by atoms with Crippen LogP contribution in [0.3, 0.4) is 0 Å². The predicted octanol–water partition coefficient (Wildman–Crippen LogP) is 5.36. The summed E-state index contributed by atoms with van der Waals surface area (Å²) in [4.78, 5) is 11.0. The fourth-order valence-electron chi connectivity index (χ4n) is 2.12. The number of unbranched alkanes of at least 4 members (excludes halogenated alkanes) is 4. The van der Waals surface area contributed by atoms with Gasteiger partial charge >= 0.3 is 5.97 Å². The summed E-state index contributed by atoms with van der Waals surface area (Å²) in [6.07, 6.45) is 19.1. The number of allylic oxidation sites excluding steroid dienone is 5. The van der Waals surface area contributed by atoms with Crippen molar-refractivity contribution in [3.63, 3.8) is 0 Å². The maximum atomic E-state index is 11.0. The van der Waals surface area contributed by atoms with E-state index in [1.807, 2.05) is 12.2 Å². The van der Waals surface area contributed by atoms with Crippen LogP contribution in [0.1, 0.15) is 65.2 Å². The van der Waals surface area contributed by atoms with Gasteiger partial charge in [0, 0.05) is 6.92 Å². The fraction of sp³-hybridized carbons (Fsp3) is 0.611. The summed E-state index contributed by atoms with van der Waals surface area (Å²) < 4.78 is 5.31. The molecule has 0 N–H and O–H groups in total. The highest BCUT2D eigenvalue weighted by Crippen LogP contribution is 2.13. The van der Waals surface area contributed by atoms with Crippen LogP contribution in [-0.4, -0.2) is 12.1 Å². The standard InChI is InChI=1S/C18H30O2/c1-4-6-7-8-9-10-11-12-13-14-16-18(15-5-2)20-17(3)19/h4,6-9,18H,1,5,10-16H2,2-3H3. The Hall–Kier alpha value is -1.31. The summed E-state index contributed by atoms with van der Waals surface area (Å²) in [5, 5.41) is 0. The molecule has 1 atom stereocenters. The number of hydrogen-bond donors (Lipinski definition) is 0. The second-order valence-electron chi connectivity index (χ2n) is 5.06. The molecule has 0 bridgehead atoms. The molecule has 0 aliphatic rings. The minimum absolute atomic E-state index is 0.126. The molecule has 0 aliphatic carbocycles. The highest BCUT2D eigenvalue weighted by molar-refractivity contribution is 5.66. The lowest BCUT2D eigenvalue weighted by molar-refractivity contribution is -0.147. The van der Waals surface area contributed by atoms with Crippen LogP contribution in [-0.2, 0) is 9.53 Å². The molecular formula is C18H30O2. The van der Waals surface area contributed by atoms with Gasteiger partial charge < -0.3 is 4.74 Å². The van der Waals surface area contributed by atoms with E-state index in [0.717, 1.165) is 32.1 Å². The van der Waals surface area contributed by atoms with Crippen molar-refractivity contribution >= 4 is 5.97 Å². The second kappa shape index (κ2) is 14.1. The third-order valence-electron chi connectivity index (χ3n) is 3.08. The van der Waals surface area contributed by atoms with Gasteiger partial charge in [-0.25, -0.2) is 0 Å². The first-order valence-corrected chi connectivity index (χ1v) is 7.82. The van der Waals surface area contributed by atoms with Crippen LogP contribution in [0.25, 0.3) is 0 Å². The van der Waals surface area contributed by atoms with E-state index in [0.29, 0.717) is 0 Å². The number of carbonyl (C=O) groups excluding carboxylic acids is 1. The van der Waals surface area contributed by atoms with Crippen molar-refractivity contribution in [1.82, 2.24) is 0 Å². The van der Waals surface area contributed by atoms with Gasteiger partial charge in [-0.2, -0.15) is 0 Å². The first-order valence-electron chi connectivity index (χ1n) is 7.82. The van der Waals surface area contributed by atoms with Gasteiger partial charge in [-0.15, -0.1) is 0 Å². The molecular weight excluding hydrogens is 248 g/mol. The molecule has 0 aromatic heterocycles. The summed E-state index contributed by atoms with van der Waals surface area (Å²) in [7, 11) is 0. The van der Waals surface area contributed by atoms with Crippen molar-refractivity contribution in [2.75, 3.05) is 0 Å². The average molecular weight is 278 g/mol. The number of carbonyl (C=O) groups is 1. The molecule has 0 saturated heterocycles. The van der Waals surface area contributed by atoms with Crippen molar-refractivity contribution in [1.29, 1.82) is 0 Å². The SMILES string of the molecule is C=CC=CC=CCCCCCCC(CCC)OC(C)=O. The van der Waals surface area contributed by atoms with Gasteiger partial charge in [-0.3, -0.25) is 4.79 Å². The van der Waals surface area contributed by atoms with Gasteiger partial charge in [0.05, 0.1) is 0 Å². The van der Waals surface area contributed by atoms with Crippen molar-refractivity contribution in [2.45, 2.75) is 71.3 Å². The zero-order chi connectivity index (χ0) is 15.1. The molecule has 114 valence electrons. The van der Waals surface area contributed by atoms with Gasteiger partial charge in [-0.1, -0.05) is 63.1 Å². The molecule has 0 saturated carbocycles. The molecule has 0 rings (SSSR count). The predicted molar refractivity (Wildman–Crippen MR) is 86.6 cm³/mol. The Kier molecular flexibility index (Phi) is 13.2. The minimum Gasteiger partial charge on any atom is -0.463 e. The number of rotatable bonds is 12. The molecule has 1 unspecified atom stereocenters. The van der Waals surface area contributed by atoms with E-state index in [4.69, 9.17) is 4.74 Å². The number of hydrogen-bond acceptors (Lipinski definition) is 2. The van der Waals surface area contributed by atoms with E-state index in [9.17, 15) is 4.79 Å². The molecule has 0 fully saturated rings. The van der Waals surface area contributed by atoms with E-state index in [-0.39, 0.29) is 12.1 Å². The average Bonchev–Trinajstić information content (AvgIpc) is 2.40. The van der Waals surface area contributed by atoms with Crippen LogP contribution in [0.15, 0.2) is 37.0 Å². The van der Waals surface area contributed by atoms with E-state index < -0.39 is 0 Å². The molecule has 2 heteroatoms. The maximum absolute atomic E-state index is 11.0. The highest BCUT2D eigenvalue weighted by Gasteiger charge is 2.09. The lowest BCUT2D eigenvalue weighted by Gasteiger charge is -2.15. The molecule has 0 heterocycles. The van der Waals surface area contributed by atoms with Crippen molar-refractivity contribution < 1.29 is 9.53 Å². The van der Waals surface area contributed by atoms with Gasteiger partial charge in [0.2, 0.25) is 0 Å². The second-order valence-corrected chi connectivity index (χ2v) is 5.06. The number of ether oxygens (including phenoxy) is 1. The van der Waals surface area contributed by atoms with Crippen LogP contribution >= 0.6 is 0 Å². The normalized spacial score (nSPS) is 12.9. The topological polar surface area (TPSA) is 26.3 Å². The maximum Gasteiger partial charge on any atom is 0.302 e. The Balaban J connectivity index is 3.53. The zero-order valence-electron chi connectivity index (χ0n) is 13.1. The van der Waals surface area contributed by atoms with Crippen LogP contribution in [0.4, 0.5) is 0 Å².